The molecular formula is C21H24N4O2S. The quantitative estimate of drug-likeness (QED) is 0.772. The normalized spacial score (nSPS) is 19.5. The Morgan fingerprint density at radius 3 is 2.64 bits per heavy atom. The van der Waals surface area contributed by atoms with Crippen LogP contribution in [0.15, 0.2) is 35.5 Å². The first-order chi connectivity index (χ1) is 13.5. The average Bonchev–Trinajstić information content (AvgIpc) is 3.31. The van der Waals surface area contributed by atoms with Gasteiger partial charge in [0.05, 0.1) is 23.4 Å². The predicted molar refractivity (Wildman–Crippen MR) is 113 cm³/mol. The highest BCUT2D eigenvalue weighted by Crippen LogP contribution is 2.64. The molecule has 1 aromatic heterocycles. The Labute approximate surface area is 169 Å². The summed E-state index contributed by atoms with van der Waals surface area (Å²) in [6.07, 6.45) is 5.76. The van der Waals surface area contributed by atoms with Crippen LogP contribution >= 0.6 is 11.8 Å². The summed E-state index contributed by atoms with van der Waals surface area (Å²) in [4.78, 5) is 23.0. The summed E-state index contributed by atoms with van der Waals surface area (Å²) in [7, 11) is 1.66. The third-order valence-corrected chi connectivity index (χ3v) is 6.52. The Morgan fingerprint density at radius 1 is 1.32 bits per heavy atom. The highest BCUT2D eigenvalue weighted by atomic mass is 32.2. The van der Waals surface area contributed by atoms with E-state index >= 15 is 0 Å². The second kappa shape index (κ2) is 7.22. The van der Waals surface area contributed by atoms with Gasteiger partial charge in [-0.2, -0.15) is 0 Å². The Kier molecular flexibility index (Phi) is 4.89. The zero-order valence-electron chi connectivity index (χ0n) is 16.3. The van der Waals surface area contributed by atoms with Crippen LogP contribution in [0.25, 0.3) is 5.57 Å². The molecule has 146 valence electrons. The lowest BCUT2D eigenvalue weighted by atomic mass is 9.89. The molecule has 0 spiro atoms. The molecule has 1 fully saturated rings. The highest BCUT2D eigenvalue weighted by Gasteiger charge is 2.53. The summed E-state index contributed by atoms with van der Waals surface area (Å²) in [5, 5.41) is 3.02. The molecule has 0 bridgehead atoms. The van der Waals surface area contributed by atoms with Crippen molar-refractivity contribution in [3.05, 3.63) is 52.3 Å². The summed E-state index contributed by atoms with van der Waals surface area (Å²) in [5.74, 6) is 0.301. The summed E-state index contributed by atoms with van der Waals surface area (Å²) in [6, 6.07) is 7.64. The second-order valence-electron chi connectivity index (χ2n) is 7.63. The van der Waals surface area contributed by atoms with Crippen LogP contribution in [0.4, 0.5) is 11.5 Å². The van der Waals surface area contributed by atoms with Crippen LogP contribution in [0.1, 0.15) is 42.5 Å². The Hall–Kier alpha value is -2.38. The first-order valence-electron chi connectivity index (χ1n) is 9.26. The molecule has 6 nitrogen and oxygen atoms in total. The molecule has 1 amide bonds. The molecule has 0 saturated heterocycles. The monoisotopic (exact) mass is 396 g/mol. The molecule has 2 aliphatic carbocycles. The number of thioether (sulfide) groups is 1. The van der Waals surface area contributed by atoms with Crippen molar-refractivity contribution < 1.29 is 9.53 Å². The van der Waals surface area contributed by atoms with Gasteiger partial charge in [0, 0.05) is 23.6 Å². The van der Waals surface area contributed by atoms with Crippen molar-refractivity contribution in [2.45, 2.75) is 32.3 Å². The van der Waals surface area contributed by atoms with E-state index in [4.69, 9.17) is 10.5 Å². The summed E-state index contributed by atoms with van der Waals surface area (Å²) < 4.78 is 5.14. The number of nitrogens with one attached hydrogen (secondary N) is 1. The molecular weight excluding hydrogens is 372 g/mol. The number of benzene rings is 1. The number of carbonyl (C=O) groups excluding carboxylic acids is 1. The summed E-state index contributed by atoms with van der Waals surface area (Å²) in [6.45, 7) is 2.79. The molecule has 2 aromatic rings. The fourth-order valence-corrected chi connectivity index (χ4v) is 4.93. The number of fused-ring (bicyclic) bond motifs is 1. The van der Waals surface area contributed by atoms with Gasteiger partial charge in [-0.25, -0.2) is 9.97 Å². The van der Waals surface area contributed by atoms with Gasteiger partial charge < -0.3 is 15.8 Å². The van der Waals surface area contributed by atoms with Crippen molar-refractivity contribution in [3.63, 3.8) is 0 Å². The van der Waals surface area contributed by atoms with Crippen molar-refractivity contribution >= 4 is 34.7 Å². The molecule has 1 saturated carbocycles. The van der Waals surface area contributed by atoms with E-state index < -0.39 is 0 Å². The number of carbonyl (C=O) groups is 1. The number of methoxy groups -OCH3 is 1. The SMILES string of the molecule is COCc1ccc(NC(=O)C2=C(SC)C(C3(C)CC3)c3ncnc(N)c32)cc1. The van der Waals surface area contributed by atoms with Gasteiger partial charge in [-0.3, -0.25) is 4.79 Å². The smallest absolute Gasteiger partial charge is 0.257 e. The van der Waals surface area contributed by atoms with Crippen LogP contribution < -0.4 is 11.1 Å². The molecule has 3 N–H and O–H groups in total. The van der Waals surface area contributed by atoms with Crippen LogP contribution in [-0.2, 0) is 16.1 Å². The Balaban J connectivity index is 1.71. The van der Waals surface area contributed by atoms with Gasteiger partial charge in [0.1, 0.15) is 12.1 Å². The number of aromatic nitrogens is 2. The lowest BCUT2D eigenvalue weighted by Gasteiger charge is -2.21. The van der Waals surface area contributed by atoms with Crippen molar-refractivity contribution in [2.24, 2.45) is 5.41 Å². The van der Waals surface area contributed by atoms with Crippen molar-refractivity contribution in [3.8, 4) is 0 Å². The number of ether oxygens (including phenoxy) is 1. The van der Waals surface area contributed by atoms with Gasteiger partial charge in [0.2, 0.25) is 0 Å². The number of nitrogens with two attached hydrogens (primary N) is 1. The van der Waals surface area contributed by atoms with Crippen molar-refractivity contribution in [2.75, 3.05) is 24.4 Å². The maximum atomic E-state index is 13.3. The van der Waals surface area contributed by atoms with Crippen molar-refractivity contribution in [1.82, 2.24) is 9.97 Å². The molecule has 2 aliphatic rings. The molecule has 28 heavy (non-hydrogen) atoms. The third kappa shape index (κ3) is 3.18. The Bertz CT molecular complexity index is 951. The van der Waals surface area contributed by atoms with Crippen LogP contribution in [0, 0.1) is 5.41 Å². The van der Waals surface area contributed by atoms with Gasteiger partial charge in [-0.1, -0.05) is 19.1 Å². The lowest BCUT2D eigenvalue weighted by molar-refractivity contribution is -0.111. The van der Waals surface area contributed by atoms with Crippen LogP contribution in [-0.4, -0.2) is 29.2 Å². The molecule has 0 aliphatic heterocycles. The minimum Gasteiger partial charge on any atom is -0.383 e. The lowest BCUT2D eigenvalue weighted by Crippen LogP contribution is -2.15. The van der Waals surface area contributed by atoms with Crippen LogP contribution in [0.2, 0.25) is 0 Å². The number of allylic oxidation sites excluding steroid dienone is 1. The largest absolute Gasteiger partial charge is 0.383 e. The standard InChI is InChI=1S/C21H24N4O2S/c1-21(8-9-21)16-17-14(19(22)24-11-23-17)15(18(16)28-3)20(26)25-13-6-4-12(5-7-13)10-27-2/h4-7,11,16H,8-10H2,1-3H3,(H,25,26)(H2,22,23,24). The summed E-state index contributed by atoms with van der Waals surface area (Å²) >= 11 is 1.61. The van der Waals surface area contributed by atoms with Crippen LogP contribution in [0.5, 0.6) is 0 Å². The third-order valence-electron chi connectivity index (χ3n) is 5.64. The highest BCUT2D eigenvalue weighted by molar-refractivity contribution is 8.02. The molecule has 1 heterocycles. The maximum absolute atomic E-state index is 13.3. The van der Waals surface area contributed by atoms with Gasteiger partial charge in [0.25, 0.3) is 5.91 Å². The zero-order valence-corrected chi connectivity index (χ0v) is 17.1. The first-order valence-corrected chi connectivity index (χ1v) is 10.5. The number of nitrogens with zero attached hydrogens (tertiary/aromatic N) is 2. The van der Waals surface area contributed by atoms with Gasteiger partial charge >= 0.3 is 0 Å². The molecule has 7 heteroatoms. The number of hydrogen-bond acceptors (Lipinski definition) is 6. The van der Waals surface area contributed by atoms with E-state index in [1.165, 1.54) is 6.33 Å². The minimum absolute atomic E-state index is 0.104. The number of rotatable bonds is 6. The van der Waals surface area contributed by atoms with E-state index in [-0.39, 0.29) is 17.2 Å². The molecule has 0 radical (unpaired) electrons. The molecule has 4 rings (SSSR count). The topological polar surface area (TPSA) is 90.1 Å². The van der Waals surface area contributed by atoms with Crippen LogP contribution in [0.3, 0.4) is 0 Å². The van der Waals surface area contributed by atoms with Crippen molar-refractivity contribution in [1.29, 1.82) is 0 Å². The second-order valence-corrected chi connectivity index (χ2v) is 8.48. The van der Waals surface area contributed by atoms with E-state index in [9.17, 15) is 4.79 Å². The number of hydrogen-bond donors (Lipinski definition) is 2. The maximum Gasteiger partial charge on any atom is 0.257 e. The Morgan fingerprint density at radius 2 is 2.04 bits per heavy atom. The van der Waals surface area contributed by atoms with Gasteiger partial charge in [-0.05, 0) is 42.2 Å². The van der Waals surface area contributed by atoms with E-state index in [1.807, 2.05) is 30.5 Å². The van der Waals surface area contributed by atoms with E-state index in [0.29, 0.717) is 23.6 Å². The zero-order chi connectivity index (χ0) is 19.9. The fraction of sp³-hybridized carbons (Fsp3) is 0.381. The number of amides is 1. The first kappa shape index (κ1) is 19.0. The summed E-state index contributed by atoms with van der Waals surface area (Å²) in [5.41, 5.74) is 10.3. The molecule has 1 atom stereocenters. The van der Waals surface area contributed by atoms with Gasteiger partial charge in [-0.15, -0.1) is 11.8 Å². The van der Waals surface area contributed by atoms with E-state index in [2.05, 4.69) is 22.2 Å². The number of anilines is 2. The predicted octanol–water partition coefficient (Wildman–Crippen LogP) is 3.82. The average molecular weight is 397 g/mol. The van der Waals surface area contributed by atoms with Gasteiger partial charge in [0.15, 0.2) is 0 Å². The number of nitrogen functional groups attached to an aromatic ring is 1. The molecule has 1 aromatic carbocycles. The minimum atomic E-state index is -0.168. The van der Waals surface area contributed by atoms with E-state index in [0.717, 1.165) is 34.7 Å². The van der Waals surface area contributed by atoms with E-state index in [1.54, 1.807) is 18.9 Å². The molecule has 1 unspecified atom stereocenters. The fourth-order valence-electron chi connectivity index (χ4n) is 3.90.